The topological polar surface area (TPSA) is 68.4 Å². The molecule has 158 valence electrons. The molecular formula is C22H17Cl2FN4O2. The van der Waals surface area contributed by atoms with Crippen LogP contribution in [0.2, 0.25) is 10.0 Å². The van der Waals surface area contributed by atoms with Gasteiger partial charge in [0, 0.05) is 47.5 Å². The standard InChI is InChI=1S/C22H17Cl2FN4O2/c23-16-4-1-15(18(24)11-16)13-26-21(30)7-8-28-9-10-29-20(22(28)31)12-19(27-29)14-2-5-17(25)6-3-14/h1-6,9-12H,7-8,13H2,(H,26,30). The van der Waals surface area contributed by atoms with Crippen LogP contribution in [0.3, 0.4) is 0 Å². The van der Waals surface area contributed by atoms with E-state index in [9.17, 15) is 14.0 Å². The molecule has 2 heterocycles. The molecule has 0 saturated carbocycles. The van der Waals surface area contributed by atoms with Gasteiger partial charge in [-0.25, -0.2) is 8.91 Å². The number of benzene rings is 2. The first-order valence-electron chi connectivity index (χ1n) is 9.46. The minimum atomic E-state index is -0.341. The average molecular weight is 459 g/mol. The molecule has 0 bridgehead atoms. The van der Waals surface area contributed by atoms with Crippen molar-refractivity contribution >= 4 is 34.6 Å². The van der Waals surface area contributed by atoms with Gasteiger partial charge in [0.15, 0.2) is 0 Å². The highest BCUT2D eigenvalue weighted by Crippen LogP contribution is 2.21. The Morgan fingerprint density at radius 1 is 1.06 bits per heavy atom. The van der Waals surface area contributed by atoms with E-state index in [1.165, 1.54) is 21.2 Å². The van der Waals surface area contributed by atoms with Gasteiger partial charge < -0.3 is 9.88 Å². The van der Waals surface area contributed by atoms with Crippen LogP contribution in [0.25, 0.3) is 16.8 Å². The molecule has 1 N–H and O–H groups in total. The van der Waals surface area contributed by atoms with Crippen LogP contribution < -0.4 is 10.9 Å². The second-order valence-corrected chi connectivity index (χ2v) is 7.77. The van der Waals surface area contributed by atoms with Gasteiger partial charge in [0.2, 0.25) is 5.91 Å². The van der Waals surface area contributed by atoms with Crippen LogP contribution in [0.15, 0.2) is 65.7 Å². The molecule has 6 nitrogen and oxygen atoms in total. The fourth-order valence-electron chi connectivity index (χ4n) is 3.13. The van der Waals surface area contributed by atoms with Crippen molar-refractivity contribution in [1.29, 1.82) is 0 Å². The smallest absolute Gasteiger partial charge is 0.276 e. The monoisotopic (exact) mass is 458 g/mol. The lowest BCUT2D eigenvalue weighted by Crippen LogP contribution is -2.27. The van der Waals surface area contributed by atoms with Crippen LogP contribution in [0.1, 0.15) is 12.0 Å². The van der Waals surface area contributed by atoms with E-state index in [0.717, 1.165) is 5.56 Å². The van der Waals surface area contributed by atoms with Crippen LogP contribution in [-0.2, 0) is 17.9 Å². The molecule has 9 heteroatoms. The van der Waals surface area contributed by atoms with E-state index < -0.39 is 0 Å². The van der Waals surface area contributed by atoms with Gasteiger partial charge in [-0.15, -0.1) is 0 Å². The molecule has 4 rings (SSSR count). The lowest BCUT2D eigenvalue weighted by atomic mass is 10.1. The van der Waals surface area contributed by atoms with Gasteiger partial charge in [-0.1, -0.05) is 29.3 Å². The van der Waals surface area contributed by atoms with Crippen molar-refractivity contribution in [2.75, 3.05) is 0 Å². The molecular weight excluding hydrogens is 442 g/mol. The molecule has 0 aliphatic rings. The Labute approximate surface area is 186 Å². The van der Waals surface area contributed by atoms with Gasteiger partial charge >= 0.3 is 0 Å². The van der Waals surface area contributed by atoms with Crippen molar-refractivity contribution in [2.45, 2.75) is 19.5 Å². The van der Waals surface area contributed by atoms with Gasteiger partial charge in [0.25, 0.3) is 5.56 Å². The van der Waals surface area contributed by atoms with Crippen LogP contribution in [0.4, 0.5) is 4.39 Å². The van der Waals surface area contributed by atoms with E-state index in [1.807, 2.05) is 0 Å². The Balaban J connectivity index is 1.43. The fourth-order valence-corrected chi connectivity index (χ4v) is 3.61. The van der Waals surface area contributed by atoms with E-state index in [4.69, 9.17) is 23.2 Å². The molecule has 1 amide bonds. The zero-order chi connectivity index (χ0) is 22.0. The number of aryl methyl sites for hydroxylation is 1. The number of amides is 1. The lowest BCUT2D eigenvalue weighted by molar-refractivity contribution is -0.121. The van der Waals surface area contributed by atoms with Gasteiger partial charge in [0.1, 0.15) is 11.3 Å². The predicted molar refractivity (Wildman–Crippen MR) is 118 cm³/mol. The molecule has 4 aromatic rings. The molecule has 0 spiro atoms. The predicted octanol–water partition coefficient (Wildman–Crippen LogP) is 4.32. The third kappa shape index (κ3) is 4.78. The van der Waals surface area contributed by atoms with E-state index >= 15 is 0 Å². The molecule has 0 unspecified atom stereocenters. The molecule has 0 aliphatic carbocycles. The Kier molecular flexibility index (Phi) is 6.06. The number of nitrogens with zero attached hydrogens (tertiary/aromatic N) is 3. The van der Waals surface area contributed by atoms with Crippen LogP contribution in [-0.4, -0.2) is 20.1 Å². The number of hydrogen-bond acceptors (Lipinski definition) is 3. The van der Waals surface area contributed by atoms with E-state index in [-0.39, 0.29) is 36.8 Å². The highest BCUT2D eigenvalue weighted by Gasteiger charge is 2.11. The molecule has 0 atom stereocenters. The lowest BCUT2D eigenvalue weighted by Gasteiger charge is -2.09. The molecule has 31 heavy (non-hydrogen) atoms. The normalized spacial score (nSPS) is 11.1. The number of hydrogen-bond donors (Lipinski definition) is 1. The van der Waals surface area contributed by atoms with E-state index in [0.29, 0.717) is 26.8 Å². The number of carbonyl (C=O) groups excluding carboxylic acids is 1. The molecule has 0 saturated heterocycles. The minimum absolute atomic E-state index is 0.125. The summed E-state index contributed by atoms with van der Waals surface area (Å²) in [7, 11) is 0. The Hall–Kier alpha value is -3.16. The molecule has 0 radical (unpaired) electrons. The fraction of sp³-hybridized carbons (Fsp3) is 0.136. The minimum Gasteiger partial charge on any atom is -0.352 e. The van der Waals surface area contributed by atoms with Crippen LogP contribution in [0.5, 0.6) is 0 Å². The molecule has 0 aliphatic heterocycles. The maximum Gasteiger partial charge on any atom is 0.276 e. The summed E-state index contributed by atoms with van der Waals surface area (Å²) in [5.41, 5.74) is 2.13. The van der Waals surface area contributed by atoms with Crippen LogP contribution >= 0.6 is 23.2 Å². The molecule has 2 aromatic carbocycles. The average Bonchev–Trinajstić information content (AvgIpc) is 3.18. The first-order valence-corrected chi connectivity index (χ1v) is 10.2. The Morgan fingerprint density at radius 3 is 2.58 bits per heavy atom. The number of halogens is 3. The summed E-state index contributed by atoms with van der Waals surface area (Å²) in [6, 6.07) is 12.6. The summed E-state index contributed by atoms with van der Waals surface area (Å²) in [6.45, 7) is 0.485. The number of fused-ring (bicyclic) bond motifs is 1. The van der Waals surface area contributed by atoms with E-state index in [2.05, 4.69) is 10.4 Å². The third-order valence-electron chi connectivity index (χ3n) is 4.81. The van der Waals surface area contributed by atoms with Gasteiger partial charge in [-0.2, -0.15) is 5.10 Å². The van der Waals surface area contributed by atoms with Gasteiger partial charge in [0.05, 0.1) is 5.69 Å². The SMILES string of the molecule is O=C(CCn1ccn2nc(-c3ccc(F)cc3)cc2c1=O)NCc1ccc(Cl)cc1Cl. The Bertz CT molecular complexity index is 1320. The summed E-state index contributed by atoms with van der Waals surface area (Å²) >= 11 is 12.0. The maximum absolute atomic E-state index is 13.1. The second-order valence-electron chi connectivity index (χ2n) is 6.93. The number of rotatable bonds is 6. The first-order chi connectivity index (χ1) is 14.9. The zero-order valence-electron chi connectivity index (χ0n) is 16.2. The van der Waals surface area contributed by atoms with Gasteiger partial charge in [-0.3, -0.25) is 9.59 Å². The summed E-state index contributed by atoms with van der Waals surface area (Å²) < 4.78 is 16.1. The van der Waals surface area contributed by atoms with Crippen molar-refractivity contribution in [3.8, 4) is 11.3 Å². The highest BCUT2D eigenvalue weighted by atomic mass is 35.5. The number of aromatic nitrogens is 3. The number of carbonyl (C=O) groups is 1. The van der Waals surface area contributed by atoms with Crippen molar-refractivity contribution in [2.24, 2.45) is 0 Å². The van der Waals surface area contributed by atoms with Crippen molar-refractivity contribution in [3.05, 3.63) is 92.7 Å². The highest BCUT2D eigenvalue weighted by molar-refractivity contribution is 6.35. The quantitative estimate of drug-likeness (QED) is 0.467. The summed E-state index contributed by atoms with van der Waals surface area (Å²) in [5, 5.41) is 8.16. The van der Waals surface area contributed by atoms with Gasteiger partial charge in [-0.05, 0) is 48.0 Å². The number of nitrogens with one attached hydrogen (secondary N) is 1. The molecule has 0 fully saturated rings. The second kappa shape index (κ2) is 8.91. The van der Waals surface area contributed by atoms with Crippen molar-refractivity contribution < 1.29 is 9.18 Å². The third-order valence-corrected chi connectivity index (χ3v) is 5.40. The van der Waals surface area contributed by atoms with Crippen LogP contribution in [0, 0.1) is 5.82 Å². The zero-order valence-corrected chi connectivity index (χ0v) is 17.7. The summed E-state index contributed by atoms with van der Waals surface area (Å²) in [5.74, 6) is -0.551. The van der Waals surface area contributed by atoms with Crippen molar-refractivity contribution in [1.82, 2.24) is 19.5 Å². The summed E-state index contributed by atoms with van der Waals surface area (Å²) in [4.78, 5) is 25.0. The molecule has 2 aromatic heterocycles. The first kappa shape index (κ1) is 21.1. The maximum atomic E-state index is 13.1. The largest absolute Gasteiger partial charge is 0.352 e. The summed E-state index contributed by atoms with van der Waals surface area (Å²) in [6.07, 6.45) is 3.36. The Morgan fingerprint density at radius 2 is 1.84 bits per heavy atom. The van der Waals surface area contributed by atoms with Crippen molar-refractivity contribution in [3.63, 3.8) is 0 Å². The van der Waals surface area contributed by atoms with E-state index in [1.54, 1.807) is 48.8 Å².